The number of carbonyl (C=O) groups is 3. The van der Waals surface area contributed by atoms with E-state index < -0.39 is 6.10 Å². The number of carbonyl (C=O) groups excluding carboxylic acids is 3. The van der Waals surface area contributed by atoms with Gasteiger partial charge in [-0.25, -0.2) is 0 Å². The van der Waals surface area contributed by atoms with Gasteiger partial charge in [0.2, 0.25) is 0 Å². The maximum atomic E-state index is 12.9. The normalized spacial score (nSPS) is 12.7. The van der Waals surface area contributed by atoms with Gasteiger partial charge in [-0.2, -0.15) is 0 Å². The highest BCUT2D eigenvalue weighted by Gasteiger charge is 2.19. The van der Waals surface area contributed by atoms with Crippen molar-refractivity contribution in [2.45, 2.75) is 329 Å². The van der Waals surface area contributed by atoms with Crippen LogP contribution in [0.3, 0.4) is 0 Å². The molecule has 0 aromatic heterocycles. The fourth-order valence-corrected chi connectivity index (χ4v) is 9.36. The molecule has 6 nitrogen and oxygen atoms in total. The number of hydrogen-bond donors (Lipinski definition) is 0. The maximum absolute atomic E-state index is 12.9. The number of rotatable bonds is 60. The van der Waals surface area contributed by atoms with Crippen molar-refractivity contribution in [2.75, 3.05) is 13.2 Å². The van der Waals surface area contributed by atoms with Crippen molar-refractivity contribution < 1.29 is 28.6 Å². The minimum atomic E-state index is -0.781. The molecule has 0 saturated carbocycles. The highest BCUT2D eigenvalue weighted by molar-refractivity contribution is 5.71. The Kier molecular flexibility index (Phi) is 62.7. The zero-order valence-electron chi connectivity index (χ0n) is 51.4. The lowest BCUT2D eigenvalue weighted by atomic mass is 10.0. The van der Waals surface area contributed by atoms with Crippen molar-refractivity contribution in [3.63, 3.8) is 0 Å². The molecule has 0 radical (unpaired) electrons. The molecule has 0 spiro atoms. The number of unbranched alkanes of at least 4 members (excludes halogenated alkanes) is 33. The molecule has 78 heavy (non-hydrogen) atoms. The summed E-state index contributed by atoms with van der Waals surface area (Å²) in [5, 5.41) is 0. The Morgan fingerprint density at radius 2 is 0.500 bits per heavy atom. The number of esters is 3. The second-order valence-electron chi connectivity index (χ2n) is 22.0. The summed E-state index contributed by atoms with van der Waals surface area (Å²) >= 11 is 0. The van der Waals surface area contributed by atoms with Gasteiger partial charge in [-0.15, -0.1) is 0 Å². The van der Waals surface area contributed by atoms with E-state index in [-0.39, 0.29) is 31.1 Å². The van der Waals surface area contributed by atoms with Gasteiger partial charge in [0.1, 0.15) is 13.2 Å². The van der Waals surface area contributed by atoms with Crippen LogP contribution in [0.2, 0.25) is 0 Å². The average Bonchev–Trinajstić information content (AvgIpc) is 3.44. The third kappa shape index (κ3) is 63.2. The summed E-state index contributed by atoms with van der Waals surface area (Å²) in [4.78, 5) is 38.3. The molecule has 6 heteroatoms. The summed E-state index contributed by atoms with van der Waals surface area (Å²) in [6, 6.07) is 0. The first-order valence-corrected chi connectivity index (χ1v) is 33.2. The molecule has 0 aliphatic heterocycles. The van der Waals surface area contributed by atoms with Crippen LogP contribution in [0.5, 0.6) is 0 Å². The maximum Gasteiger partial charge on any atom is 0.306 e. The van der Waals surface area contributed by atoms with Gasteiger partial charge in [0, 0.05) is 19.3 Å². The summed E-state index contributed by atoms with van der Waals surface area (Å²) in [7, 11) is 0. The lowest BCUT2D eigenvalue weighted by Crippen LogP contribution is -2.30. The smallest absolute Gasteiger partial charge is 0.306 e. The largest absolute Gasteiger partial charge is 0.462 e. The summed E-state index contributed by atoms with van der Waals surface area (Å²) in [5.41, 5.74) is 0. The van der Waals surface area contributed by atoms with E-state index in [0.29, 0.717) is 19.3 Å². The summed E-state index contributed by atoms with van der Waals surface area (Å²) in [6.45, 7) is 6.52. The van der Waals surface area contributed by atoms with Gasteiger partial charge in [0.15, 0.2) is 6.10 Å². The van der Waals surface area contributed by atoms with E-state index in [1.54, 1.807) is 0 Å². The van der Waals surface area contributed by atoms with Crippen molar-refractivity contribution in [3.8, 4) is 0 Å². The number of ether oxygens (including phenoxy) is 3. The number of allylic oxidation sites excluding steroid dienone is 16. The minimum absolute atomic E-state index is 0.0770. The van der Waals surface area contributed by atoms with Crippen LogP contribution in [0.15, 0.2) is 97.2 Å². The molecular formula is C72H124O6. The molecule has 0 rings (SSSR count). The van der Waals surface area contributed by atoms with Crippen LogP contribution in [0.1, 0.15) is 323 Å². The minimum Gasteiger partial charge on any atom is -0.462 e. The first kappa shape index (κ1) is 74.3. The predicted octanol–water partition coefficient (Wildman–Crippen LogP) is 22.8. The summed E-state index contributed by atoms with van der Waals surface area (Å²) < 4.78 is 16.9. The quantitative estimate of drug-likeness (QED) is 0.0261. The van der Waals surface area contributed by atoms with Crippen LogP contribution in [-0.2, 0) is 28.6 Å². The molecule has 1 unspecified atom stereocenters. The van der Waals surface area contributed by atoms with Gasteiger partial charge in [0.05, 0.1) is 0 Å². The molecule has 0 heterocycles. The third-order valence-corrected chi connectivity index (χ3v) is 14.3. The van der Waals surface area contributed by atoms with E-state index in [4.69, 9.17) is 14.2 Å². The van der Waals surface area contributed by atoms with Crippen molar-refractivity contribution >= 4 is 17.9 Å². The molecule has 1 atom stereocenters. The molecule has 0 N–H and O–H groups in total. The van der Waals surface area contributed by atoms with Crippen LogP contribution in [0.4, 0.5) is 0 Å². The van der Waals surface area contributed by atoms with E-state index >= 15 is 0 Å². The van der Waals surface area contributed by atoms with Crippen LogP contribution in [-0.4, -0.2) is 37.2 Å². The van der Waals surface area contributed by atoms with E-state index in [1.165, 1.54) is 180 Å². The standard InChI is InChI=1S/C72H124O6/c1-4-7-10-13-16-19-22-25-27-29-31-32-33-34-35-36-37-38-39-40-42-43-45-47-50-53-56-59-62-65-71(74)77-68-69(67-76-70(73)64-61-58-55-52-49-24-21-18-15-12-9-6-3)78-72(75)66-63-60-57-54-51-48-46-44-41-30-28-26-23-20-17-14-11-8-5-2/h7,10,16-17,19-20,25-28,31-32,34-35,37-38,69H,4-6,8-9,11-15,18,21-24,29-30,33,36,39-68H2,1-3H3/b10-7-,19-16-,20-17-,27-25-,28-26-,32-31-,35-34-,38-37-. The lowest BCUT2D eigenvalue weighted by molar-refractivity contribution is -0.167. The SMILES string of the molecule is CC/C=C\C/C=C\C/C=C\C/C=C\C/C=C\C/C=C\CCCCCCCCCCCCC(=O)OCC(COC(=O)CCCCCCCCCCCCCC)OC(=O)CCCCCCCCCCC/C=C\C/C=C\CCCCC. The van der Waals surface area contributed by atoms with Gasteiger partial charge < -0.3 is 14.2 Å². The van der Waals surface area contributed by atoms with Gasteiger partial charge in [-0.3, -0.25) is 14.4 Å². The van der Waals surface area contributed by atoms with E-state index in [2.05, 4.69) is 118 Å². The molecule has 0 amide bonds. The first-order chi connectivity index (χ1) is 38.5. The average molecular weight is 1090 g/mol. The van der Waals surface area contributed by atoms with Crippen LogP contribution < -0.4 is 0 Å². The van der Waals surface area contributed by atoms with Gasteiger partial charge in [-0.1, -0.05) is 298 Å². The zero-order valence-corrected chi connectivity index (χ0v) is 51.4. The molecule has 448 valence electrons. The number of hydrogen-bond acceptors (Lipinski definition) is 6. The second kappa shape index (κ2) is 65.8. The molecule has 0 saturated heterocycles. The van der Waals surface area contributed by atoms with Gasteiger partial charge >= 0.3 is 17.9 Å². The van der Waals surface area contributed by atoms with Crippen molar-refractivity contribution in [1.29, 1.82) is 0 Å². The van der Waals surface area contributed by atoms with Gasteiger partial charge in [-0.05, 0) is 103 Å². The van der Waals surface area contributed by atoms with E-state index in [0.717, 1.165) is 103 Å². The Balaban J connectivity index is 4.27. The van der Waals surface area contributed by atoms with Crippen LogP contribution >= 0.6 is 0 Å². The van der Waals surface area contributed by atoms with Crippen molar-refractivity contribution in [3.05, 3.63) is 97.2 Å². The van der Waals surface area contributed by atoms with Crippen molar-refractivity contribution in [1.82, 2.24) is 0 Å². The van der Waals surface area contributed by atoms with Crippen LogP contribution in [0.25, 0.3) is 0 Å². The first-order valence-electron chi connectivity index (χ1n) is 33.2. The molecule has 0 fully saturated rings. The molecule has 0 aliphatic carbocycles. The van der Waals surface area contributed by atoms with Gasteiger partial charge in [0.25, 0.3) is 0 Å². The molecular weight excluding hydrogens is 961 g/mol. The highest BCUT2D eigenvalue weighted by atomic mass is 16.6. The monoisotopic (exact) mass is 1080 g/mol. The van der Waals surface area contributed by atoms with Crippen LogP contribution in [0, 0.1) is 0 Å². The molecule has 0 aromatic rings. The topological polar surface area (TPSA) is 78.9 Å². The Bertz CT molecular complexity index is 1530. The fourth-order valence-electron chi connectivity index (χ4n) is 9.36. The Hall–Kier alpha value is -3.67. The predicted molar refractivity (Wildman–Crippen MR) is 339 cm³/mol. The third-order valence-electron chi connectivity index (χ3n) is 14.3. The second-order valence-corrected chi connectivity index (χ2v) is 22.0. The molecule has 0 aromatic carbocycles. The highest BCUT2D eigenvalue weighted by Crippen LogP contribution is 2.17. The summed E-state index contributed by atoms with van der Waals surface area (Å²) in [5.74, 6) is -0.873. The van der Waals surface area contributed by atoms with E-state index in [1.807, 2.05) is 0 Å². The Morgan fingerprint density at radius 1 is 0.269 bits per heavy atom. The lowest BCUT2D eigenvalue weighted by Gasteiger charge is -2.18. The van der Waals surface area contributed by atoms with Crippen molar-refractivity contribution in [2.24, 2.45) is 0 Å². The van der Waals surface area contributed by atoms with E-state index in [9.17, 15) is 14.4 Å². The fraction of sp³-hybridized carbons (Fsp3) is 0.736. The molecule has 0 aliphatic rings. The summed E-state index contributed by atoms with van der Waals surface area (Å²) in [6.07, 6.45) is 88.4. The molecule has 0 bridgehead atoms. The zero-order chi connectivity index (χ0) is 56.4. The Labute approximate surface area is 483 Å². The Morgan fingerprint density at radius 3 is 0.808 bits per heavy atom.